The van der Waals surface area contributed by atoms with Crippen molar-refractivity contribution in [3.05, 3.63) is 35.4 Å². The summed E-state index contributed by atoms with van der Waals surface area (Å²) in [5, 5.41) is 3.39. The van der Waals surface area contributed by atoms with E-state index < -0.39 is 11.7 Å². The number of hydrogen-bond donors (Lipinski definition) is 1. The first-order valence-electron chi connectivity index (χ1n) is 7.41. The van der Waals surface area contributed by atoms with Crippen molar-refractivity contribution in [3.8, 4) is 0 Å². The van der Waals surface area contributed by atoms with Crippen LogP contribution in [0.2, 0.25) is 0 Å². The lowest BCUT2D eigenvalue weighted by atomic mass is 9.91. The molecule has 2 nitrogen and oxygen atoms in total. The van der Waals surface area contributed by atoms with Gasteiger partial charge >= 0.3 is 6.18 Å². The molecule has 5 heteroatoms. The Labute approximate surface area is 123 Å². The Morgan fingerprint density at radius 2 is 2.14 bits per heavy atom. The summed E-state index contributed by atoms with van der Waals surface area (Å²) >= 11 is 0. The molecule has 0 bridgehead atoms. The number of hydrogen-bond acceptors (Lipinski definition) is 2. The van der Waals surface area contributed by atoms with Gasteiger partial charge in [0, 0.05) is 12.0 Å². The third kappa shape index (κ3) is 4.45. The third-order valence-electron chi connectivity index (χ3n) is 3.97. The normalized spacial score (nSPS) is 24.2. The van der Waals surface area contributed by atoms with E-state index in [0.29, 0.717) is 18.9 Å². The second-order valence-corrected chi connectivity index (χ2v) is 5.71. The molecule has 1 aromatic rings. The minimum atomic E-state index is -4.28. The van der Waals surface area contributed by atoms with Gasteiger partial charge in [-0.3, -0.25) is 0 Å². The smallest absolute Gasteiger partial charge is 0.378 e. The van der Waals surface area contributed by atoms with Gasteiger partial charge in [0.15, 0.2) is 0 Å². The Kier molecular flexibility index (Phi) is 5.27. The van der Waals surface area contributed by atoms with Crippen molar-refractivity contribution in [1.82, 2.24) is 5.32 Å². The van der Waals surface area contributed by atoms with Gasteiger partial charge in [-0.1, -0.05) is 25.1 Å². The summed E-state index contributed by atoms with van der Waals surface area (Å²) in [6, 6.07) is 5.77. The number of rotatable bonds is 5. The predicted octanol–water partition coefficient (Wildman–Crippen LogP) is 3.65. The van der Waals surface area contributed by atoms with E-state index >= 15 is 0 Å². The lowest BCUT2D eigenvalue weighted by molar-refractivity contribution is -0.137. The zero-order valence-corrected chi connectivity index (χ0v) is 12.4. The molecule has 0 saturated carbocycles. The molecule has 3 atom stereocenters. The van der Waals surface area contributed by atoms with Crippen molar-refractivity contribution in [3.63, 3.8) is 0 Å². The predicted molar refractivity (Wildman–Crippen MR) is 76.1 cm³/mol. The average molecular weight is 301 g/mol. The van der Waals surface area contributed by atoms with Crippen LogP contribution in [0.1, 0.15) is 31.4 Å². The van der Waals surface area contributed by atoms with Gasteiger partial charge in [-0.25, -0.2) is 0 Å². The molecule has 1 saturated heterocycles. The van der Waals surface area contributed by atoms with Gasteiger partial charge in [0.1, 0.15) is 0 Å². The van der Waals surface area contributed by atoms with Crippen LogP contribution in [-0.2, 0) is 17.3 Å². The van der Waals surface area contributed by atoms with E-state index in [9.17, 15) is 13.2 Å². The number of halogens is 3. The second kappa shape index (κ2) is 6.79. The van der Waals surface area contributed by atoms with Crippen LogP contribution in [0, 0.1) is 5.92 Å². The van der Waals surface area contributed by atoms with E-state index in [2.05, 4.69) is 5.32 Å². The molecule has 3 unspecified atom stereocenters. The molecule has 1 aliphatic rings. The molecule has 2 rings (SSSR count). The molecule has 0 spiro atoms. The molecule has 0 radical (unpaired) electrons. The van der Waals surface area contributed by atoms with Crippen LogP contribution in [0.15, 0.2) is 24.3 Å². The Balaban J connectivity index is 2.10. The summed E-state index contributed by atoms with van der Waals surface area (Å²) in [7, 11) is 0. The molecule has 1 heterocycles. The van der Waals surface area contributed by atoms with Crippen molar-refractivity contribution < 1.29 is 17.9 Å². The van der Waals surface area contributed by atoms with E-state index in [1.165, 1.54) is 12.1 Å². The Morgan fingerprint density at radius 3 is 2.71 bits per heavy atom. The van der Waals surface area contributed by atoms with Crippen LogP contribution in [0.5, 0.6) is 0 Å². The third-order valence-corrected chi connectivity index (χ3v) is 3.97. The lowest BCUT2D eigenvalue weighted by Gasteiger charge is -2.24. The molecule has 118 valence electrons. The van der Waals surface area contributed by atoms with Crippen LogP contribution in [0.3, 0.4) is 0 Å². The fourth-order valence-electron chi connectivity index (χ4n) is 2.93. The summed E-state index contributed by atoms with van der Waals surface area (Å²) in [6.07, 6.45) is -2.50. The molecular formula is C16H22F3NO. The summed E-state index contributed by atoms with van der Waals surface area (Å²) in [6.45, 7) is 5.53. The monoisotopic (exact) mass is 301 g/mol. The van der Waals surface area contributed by atoms with Gasteiger partial charge in [-0.15, -0.1) is 0 Å². The molecule has 1 aliphatic heterocycles. The highest BCUT2D eigenvalue weighted by molar-refractivity contribution is 5.26. The molecule has 1 N–H and O–H groups in total. The summed E-state index contributed by atoms with van der Waals surface area (Å²) in [5.41, 5.74) is 0.140. The Hall–Kier alpha value is -1.07. The summed E-state index contributed by atoms with van der Waals surface area (Å²) in [4.78, 5) is 0. The highest BCUT2D eigenvalue weighted by atomic mass is 19.4. The molecule has 21 heavy (non-hydrogen) atoms. The highest BCUT2D eigenvalue weighted by Crippen LogP contribution is 2.30. The SMILES string of the molecule is CCNC(Cc1cccc(C(F)(F)F)c1)C1COC(C)C1. The van der Waals surface area contributed by atoms with E-state index in [0.717, 1.165) is 24.6 Å². The van der Waals surface area contributed by atoms with Crippen molar-refractivity contribution in [2.75, 3.05) is 13.2 Å². The first kappa shape index (κ1) is 16.3. The van der Waals surface area contributed by atoms with Crippen LogP contribution in [0.25, 0.3) is 0 Å². The van der Waals surface area contributed by atoms with Gasteiger partial charge in [0.05, 0.1) is 18.3 Å². The first-order valence-corrected chi connectivity index (χ1v) is 7.41. The maximum atomic E-state index is 12.8. The van der Waals surface area contributed by atoms with Crippen LogP contribution in [-0.4, -0.2) is 25.3 Å². The number of nitrogens with one attached hydrogen (secondary N) is 1. The number of ether oxygens (including phenoxy) is 1. The van der Waals surface area contributed by atoms with E-state index in [1.54, 1.807) is 6.07 Å². The van der Waals surface area contributed by atoms with Crippen LogP contribution < -0.4 is 5.32 Å². The topological polar surface area (TPSA) is 21.3 Å². The number of alkyl halides is 3. The Morgan fingerprint density at radius 1 is 1.38 bits per heavy atom. The second-order valence-electron chi connectivity index (χ2n) is 5.71. The lowest BCUT2D eigenvalue weighted by Crippen LogP contribution is -2.38. The van der Waals surface area contributed by atoms with Gasteiger partial charge in [-0.2, -0.15) is 13.2 Å². The zero-order valence-electron chi connectivity index (χ0n) is 12.4. The molecule has 0 aromatic heterocycles. The van der Waals surface area contributed by atoms with Gasteiger partial charge in [-0.05, 0) is 37.9 Å². The minimum Gasteiger partial charge on any atom is -0.378 e. The average Bonchev–Trinajstić information content (AvgIpc) is 2.84. The van der Waals surface area contributed by atoms with Crippen LogP contribution >= 0.6 is 0 Å². The standard InChI is InChI=1S/C16H22F3NO/c1-3-20-15(13-7-11(2)21-10-13)9-12-5-4-6-14(8-12)16(17,18)19/h4-6,8,11,13,15,20H,3,7,9-10H2,1-2H3. The number of likely N-dealkylation sites (N-methyl/N-ethyl adjacent to an activating group) is 1. The van der Waals surface area contributed by atoms with Crippen molar-refractivity contribution in [2.45, 2.75) is 45.0 Å². The number of benzene rings is 1. The molecule has 0 amide bonds. The highest BCUT2D eigenvalue weighted by Gasteiger charge is 2.32. The molecular weight excluding hydrogens is 279 g/mol. The van der Waals surface area contributed by atoms with Gasteiger partial charge in [0.25, 0.3) is 0 Å². The largest absolute Gasteiger partial charge is 0.416 e. The first-order chi connectivity index (χ1) is 9.90. The van der Waals surface area contributed by atoms with Gasteiger partial charge < -0.3 is 10.1 Å². The van der Waals surface area contributed by atoms with Crippen molar-refractivity contribution in [2.24, 2.45) is 5.92 Å². The van der Waals surface area contributed by atoms with Gasteiger partial charge in [0.2, 0.25) is 0 Å². The maximum Gasteiger partial charge on any atom is 0.416 e. The quantitative estimate of drug-likeness (QED) is 0.896. The summed E-state index contributed by atoms with van der Waals surface area (Å²) < 4.78 is 43.9. The molecule has 1 fully saturated rings. The van der Waals surface area contributed by atoms with E-state index in [1.807, 2.05) is 13.8 Å². The van der Waals surface area contributed by atoms with E-state index in [4.69, 9.17) is 4.74 Å². The van der Waals surface area contributed by atoms with Crippen molar-refractivity contribution >= 4 is 0 Å². The minimum absolute atomic E-state index is 0.156. The zero-order chi connectivity index (χ0) is 15.5. The van der Waals surface area contributed by atoms with Crippen molar-refractivity contribution in [1.29, 1.82) is 0 Å². The maximum absolute atomic E-state index is 12.8. The Bertz CT molecular complexity index is 461. The fraction of sp³-hybridized carbons (Fsp3) is 0.625. The fourth-order valence-corrected chi connectivity index (χ4v) is 2.93. The summed E-state index contributed by atoms with van der Waals surface area (Å²) in [5.74, 6) is 0.356. The molecule has 1 aromatic carbocycles. The van der Waals surface area contributed by atoms with E-state index in [-0.39, 0.29) is 12.1 Å². The van der Waals surface area contributed by atoms with Crippen LogP contribution in [0.4, 0.5) is 13.2 Å². The molecule has 0 aliphatic carbocycles.